The lowest BCUT2D eigenvalue weighted by atomic mass is 10.1. The van der Waals surface area contributed by atoms with Crippen molar-refractivity contribution in [2.75, 3.05) is 14.2 Å². The molecule has 0 fully saturated rings. The van der Waals surface area contributed by atoms with Gasteiger partial charge in [0.15, 0.2) is 11.5 Å². The van der Waals surface area contributed by atoms with Gasteiger partial charge in [0.05, 0.1) is 25.2 Å². The molecule has 2 aromatic rings. The van der Waals surface area contributed by atoms with Gasteiger partial charge in [-0.2, -0.15) is 5.26 Å². The molecule has 1 aromatic carbocycles. The number of aryl methyl sites for hydroxylation is 1. The minimum Gasteiger partial charge on any atom is -0.493 e. The standard InChI is InChI=1S/C17H18N2O3S/c1-4-11-8-9-23-16(11)17(20)19-13(10-18)12-6-5-7-14(21-2)15(12)22-3/h5-9,13H,4H2,1-3H3,(H,19,20). The summed E-state index contributed by atoms with van der Waals surface area (Å²) in [5.74, 6) is 0.710. The highest BCUT2D eigenvalue weighted by atomic mass is 32.1. The van der Waals surface area contributed by atoms with Crippen LogP contribution in [-0.4, -0.2) is 20.1 Å². The van der Waals surface area contributed by atoms with E-state index >= 15 is 0 Å². The smallest absolute Gasteiger partial charge is 0.262 e. The number of carbonyl (C=O) groups is 1. The highest BCUT2D eigenvalue weighted by Gasteiger charge is 2.22. The van der Waals surface area contributed by atoms with Crippen LogP contribution in [0.3, 0.4) is 0 Å². The van der Waals surface area contributed by atoms with Gasteiger partial charge in [-0.1, -0.05) is 19.1 Å². The molecule has 1 unspecified atom stereocenters. The summed E-state index contributed by atoms with van der Waals surface area (Å²) in [6.07, 6.45) is 0.770. The Labute approximate surface area is 139 Å². The van der Waals surface area contributed by atoms with Crippen molar-refractivity contribution in [3.8, 4) is 17.6 Å². The number of hydrogen-bond acceptors (Lipinski definition) is 5. The molecule has 1 aromatic heterocycles. The van der Waals surface area contributed by atoms with Crippen LogP contribution in [0.15, 0.2) is 29.6 Å². The van der Waals surface area contributed by atoms with E-state index in [4.69, 9.17) is 9.47 Å². The van der Waals surface area contributed by atoms with Gasteiger partial charge in [-0.05, 0) is 29.5 Å². The molecule has 0 spiro atoms. The minimum atomic E-state index is -0.820. The molecule has 1 heterocycles. The van der Waals surface area contributed by atoms with Gasteiger partial charge < -0.3 is 14.8 Å². The van der Waals surface area contributed by atoms with Crippen molar-refractivity contribution in [3.05, 3.63) is 45.6 Å². The average molecular weight is 330 g/mol. The summed E-state index contributed by atoms with van der Waals surface area (Å²) in [6, 6.07) is 8.46. The Morgan fingerprint density at radius 2 is 2.13 bits per heavy atom. The number of thiophene rings is 1. The molecule has 23 heavy (non-hydrogen) atoms. The van der Waals surface area contributed by atoms with Gasteiger partial charge in [0.1, 0.15) is 6.04 Å². The highest BCUT2D eigenvalue weighted by molar-refractivity contribution is 7.12. The SMILES string of the molecule is CCc1ccsc1C(=O)NC(C#N)c1cccc(OC)c1OC. The molecule has 5 nitrogen and oxygen atoms in total. The first-order valence-electron chi connectivity index (χ1n) is 7.14. The van der Waals surface area contributed by atoms with Crippen molar-refractivity contribution < 1.29 is 14.3 Å². The number of rotatable bonds is 6. The molecule has 1 N–H and O–H groups in total. The summed E-state index contributed by atoms with van der Waals surface area (Å²) in [5, 5.41) is 14.1. The van der Waals surface area contributed by atoms with Crippen molar-refractivity contribution in [3.63, 3.8) is 0 Å². The van der Waals surface area contributed by atoms with E-state index in [1.54, 1.807) is 18.2 Å². The fourth-order valence-electron chi connectivity index (χ4n) is 2.33. The van der Waals surface area contributed by atoms with Crippen LogP contribution in [0, 0.1) is 11.3 Å². The lowest BCUT2D eigenvalue weighted by Gasteiger charge is -2.17. The van der Waals surface area contributed by atoms with Crippen LogP contribution < -0.4 is 14.8 Å². The Morgan fingerprint density at radius 1 is 1.35 bits per heavy atom. The van der Waals surface area contributed by atoms with Crippen molar-refractivity contribution in [2.24, 2.45) is 0 Å². The summed E-state index contributed by atoms with van der Waals surface area (Å²) in [4.78, 5) is 13.1. The van der Waals surface area contributed by atoms with Crippen LogP contribution in [0.1, 0.15) is 33.8 Å². The topological polar surface area (TPSA) is 71.4 Å². The van der Waals surface area contributed by atoms with Crippen molar-refractivity contribution in [2.45, 2.75) is 19.4 Å². The molecule has 0 aliphatic heterocycles. The third-order valence-corrected chi connectivity index (χ3v) is 4.44. The van der Waals surface area contributed by atoms with Gasteiger partial charge in [0.2, 0.25) is 0 Å². The molecule has 6 heteroatoms. The molecule has 2 rings (SSSR count). The van der Waals surface area contributed by atoms with Crippen LogP contribution >= 0.6 is 11.3 Å². The molecule has 1 atom stereocenters. The number of para-hydroxylation sites is 1. The third kappa shape index (κ3) is 3.46. The number of carbonyl (C=O) groups excluding carboxylic acids is 1. The minimum absolute atomic E-state index is 0.256. The maximum atomic E-state index is 12.5. The summed E-state index contributed by atoms with van der Waals surface area (Å²) < 4.78 is 10.6. The Balaban J connectivity index is 2.31. The van der Waals surface area contributed by atoms with E-state index in [9.17, 15) is 10.1 Å². The van der Waals surface area contributed by atoms with Gasteiger partial charge in [-0.3, -0.25) is 4.79 Å². The van der Waals surface area contributed by atoms with E-state index in [0.29, 0.717) is 21.9 Å². The van der Waals surface area contributed by atoms with Crippen molar-refractivity contribution in [1.29, 1.82) is 5.26 Å². The number of nitriles is 1. The van der Waals surface area contributed by atoms with Crippen LogP contribution in [0.25, 0.3) is 0 Å². The van der Waals surface area contributed by atoms with E-state index < -0.39 is 6.04 Å². The summed E-state index contributed by atoms with van der Waals surface area (Å²) in [6.45, 7) is 1.99. The molecule has 0 saturated heterocycles. The number of amides is 1. The van der Waals surface area contributed by atoms with Gasteiger partial charge in [0.25, 0.3) is 5.91 Å². The van der Waals surface area contributed by atoms with Gasteiger partial charge in [-0.25, -0.2) is 0 Å². The molecule has 1 amide bonds. The lowest BCUT2D eigenvalue weighted by Crippen LogP contribution is -2.28. The molecule has 0 saturated carbocycles. The Morgan fingerprint density at radius 3 is 2.74 bits per heavy atom. The van der Waals surface area contributed by atoms with Crippen LogP contribution in [0.4, 0.5) is 0 Å². The van der Waals surface area contributed by atoms with E-state index in [0.717, 1.165) is 12.0 Å². The second-order valence-electron chi connectivity index (χ2n) is 4.75. The lowest BCUT2D eigenvalue weighted by molar-refractivity contribution is 0.0948. The molecule has 0 aliphatic rings. The summed E-state index contributed by atoms with van der Waals surface area (Å²) >= 11 is 1.37. The summed E-state index contributed by atoms with van der Waals surface area (Å²) in [7, 11) is 3.03. The van der Waals surface area contributed by atoms with E-state index in [1.165, 1.54) is 25.6 Å². The fraction of sp³-hybridized carbons (Fsp3) is 0.294. The Kier molecular flexibility index (Phi) is 5.61. The monoisotopic (exact) mass is 330 g/mol. The molecule has 120 valence electrons. The first kappa shape index (κ1) is 16.8. The molecule has 0 aliphatic carbocycles. The normalized spacial score (nSPS) is 11.4. The number of methoxy groups -OCH3 is 2. The fourth-order valence-corrected chi connectivity index (χ4v) is 3.23. The zero-order valence-electron chi connectivity index (χ0n) is 13.3. The van der Waals surface area contributed by atoms with Crippen molar-refractivity contribution >= 4 is 17.2 Å². The molecular weight excluding hydrogens is 312 g/mol. The zero-order chi connectivity index (χ0) is 16.8. The first-order valence-corrected chi connectivity index (χ1v) is 8.01. The van der Waals surface area contributed by atoms with E-state index in [2.05, 4.69) is 11.4 Å². The number of nitrogens with zero attached hydrogens (tertiary/aromatic N) is 1. The second-order valence-corrected chi connectivity index (χ2v) is 5.66. The number of hydrogen-bond donors (Lipinski definition) is 1. The average Bonchev–Trinajstić information content (AvgIpc) is 3.07. The Bertz CT molecular complexity index is 734. The number of benzene rings is 1. The summed E-state index contributed by atoms with van der Waals surface area (Å²) in [5.41, 5.74) is 1.54. The zero-order valence-corrected chi connectivity index (χ0v) is 14.1. The number of nitrogens with one attached hydrogen (secondary N) is 1. The van der Waals surface area contributed by atoms with Gasteiger partial charge in [0, 0.05) is 5.56 Å². The van der Waals surface area contributed by atoms with Crippen LogP contribution in [0.5, 0.6) is 11.5 Å². The van der Waals surface area contributed by atoms with Gasteiger partial charge >= 0.3 is 0 Å². The first-order chi connectivity index (χ1) is 11.2. The van der Waals surface area contributed by atoms with Crippen LogP contribution in [0.2, 0.25) is 0 Å². The second kappa shape index (κ2) is 7.65. The molecular formula is C17H18N2O3S. The van der Waals surface area contributed by atoms with E-state index in [-0.39, 0.29) is 5.91 Å². The number of ether oxygens (including phenoxy) is 2. The largest absolute Gasteiger partial charge is 0.493 e. The maximum absolute atomic E-state index is 12.5. The predicted molar refractivity (Wildman–Crippen MR) is 89.1 cm³/mol. The van der Waals surface area contributed by atoms with Gasteiger partial charge in [-0.15, -0.1) is 11.3 Å². The van der Waals surface area contributed by atoms with E-state index in [1.807, 2.05) is 18.4 Å². The van der Waals surface area contributed by atoms with Crippen molar-refractivity contribution in [1.82, 2.24) is 5.32 Å². The molecule has 0 radical (unpaired) electrons. The third-order valence-electron chi connectivity index (χ3n) is 3.48. The predicted octanol–water partition coefficient (Wildman–Crippen LogP) is 3.32. The Hall–Kier alpha value is -2.52. The highest BCUT2D eigenvalue weighted by Crippen LogP contribution is 2.34. The molecule has 0 bridgehead atoms. The van der Waals surface area contributed by atoms with Crippen LogP contribution in [-0.2, 0) is 6.42 Å². The maximum Gasteiger partial charge on any atom is 0.262 e. The quantitative estimate of drug-likeness (QED) is 0.882.